The van der Waals surface area contributed by atoms with Gasteiger partial charge in [-0.05, 0) is 23.9 Å². The number of carbonyl (C=O) groups is 1. The van der Waals surface area contributed by atoms with Crippen LogP contribution in [0.5, 0.6) is 0 Å². The number of amides is 1. The van der Waals surface area contributed by atoms with Crippen molar-refractivity contribution in [2.24, 2.45) is 0 Å². The van der Waals surface area contributed by atoms with Crippen molar-refractivity contribution in [3.05, 3.63) is 29.8 Å². The van der Waals surface area contributed by atoms with Gasteiger partial charge in [0.05, 0.1) is 18.8 Å². The Morgan fingerprint density at radius 2 is 1.95 bits per heavy atom. The zero-order valence-corrected chi connectivity index (χ0v) is 12.7. The fraction of sp³-hybridized carbons (Fsp3) is 0.500. The van der Waals surface area contributed by atoms with Gasteiger partial charge in [0.1, 0.15) is 0 Å². The molecule has 0 aliphatic carbocycles. The van der Waals surface area contributed by atoms with E-state index in [1.165, 1.54) is 0 Å². The Labute approximate surface area is 131 Å². The Hall–Kier alpha value is -1.41. The molecule has 1 fully saturated rings. The summed E-state index contributed by atoms with van der Waals surface area (Å²) in [7, 11) is 0. The topological polar surface area (TPSA) is 41.6 Å². The highest BCUT2D eigenvalue weighted by molar-refractivity contribution is 8.00. The lowest BCUT2D eigenvalue weighted by molar-refractivity contribution is -0.0327. The molecule has 1 N–H and O–H groups in total. The van der Waals surface area contributed by atoms with Crippen molar-refractivity contribution in [3.63, 3.8) is 0 Å². The van der Waals surface area contributed by atoms with E-state index in [0.29, 0.717) is 31.9 Å². The molecule has 1 saturated heterocycles. The Morgan fingerprint density at radius 3 is 2.64 bits per heavy atom. The highest BCUT2D eigenvalue weighted by Gasteiger charge is 2.27. The van der Waals surface area contributed by atoms with E-state index in [2.05, 4.69) is 5.32 Å². The third-order valence-electron chi connectivity index (χ3n) is 3.15. The van der Waals surface area contributed by atoms with E-state index >= 15 is 0 Å². The van der Waals surface area contributed by atoms with Crippen molar-refractivity contribution in [1.29, 1.82) is 0 Å². The van der Waals surface area contributed by atoms with E-state index in [1.54, 1.807) is 12.1 Å². The highest BCUT2D eigenvalue weighted by Crippen LogP contribution is 2.29. The molecule has 1 heterocycles. The molecule has 0 radical (unpaired) electrons. The van der Waals surface area contributed by atoms with Crippen molar-refractivity contribution in [3.8, 4) is 0 Å². The van der Waals surface area contributed by atoms with Crippen molar-refractivity contribution < 1.29 is 22.7 Å². The van der Waals surface area contributed by atoms with Crippen LogP contribution in [0.25, 0.3) is 0 Å². The molecule has 1 aromatic carbocycles. The summed E-state index contributed by atoms with van der Waals surface area (Å²) in [6.07, 6.45) is 0. The second-order valence-corrected chi connectivity index (χ2v) is 5.83. The molecule has 122 valence electrons. The van der Waals surface area contributed by atoms with Crippen molar-refractivity contribution >= 4 is 23.4 Å². The minimum atomic E-state index is -4.27. The van der Waals surface area contributed by atoms with Gasteiger partial charge in [0, 0.05) is 31.1 Å². The molecule has 8 heteroatoms. The van der Waals surface area contributed by atoms with E-state index in [1.807, 2.05) is 17.0 Å². The lowest BCUT2D eigenvalue weighted by atomic mass is 10.1. The van der Waals surface area contributed by atoms with Crippen molar-refractivity contribution in [1.82, 2.24) is 5.32 Å². The van der Waals surface area contributed by atoms with Gasteiger partial charge in [-0.2, -0.15) is 13.2 Å². The van der Waals surface area contributed by atoms with Crippen LogP contribution in [0.1, 0.15) is 10.4 Å². The summed E-state index contributed by atoms with van der Waals surface area (Å²) in [6.45, 7) is 2.54. The van der Waals surface area contributed by atoms with E-state index in [0.717, 1.165) is 5.69 Å². The quantitative estimate of drug-likeness (QED) is 0.840. The summed E-state index contributed by atoms with van der Waals surface area (Å²) >= 11 is -0.139. The normalized spacial score (nSPS) is 15.7. The Kier molecular flexibility index (Phi) is 5.96. The average Bonchev–Trinajstić information content (AvgIpc) is 2.51. The first-order valence-corrected chi connectivity index (χ1v) is 7.86. The van der Waals surface area contributed by atoms with Gasteiger partial charge in [-0.1, -0.05) is 12.1 Å². The Bertz CT molecular complexity index is 505. The first-order chi connectivity index (χ1) is 10.5. The zero-order chi connectivity index (χ0) is 16.0. The SMILES string of the molecule is O=C(NCCSC(F)(F)F)c1ccccc1N1CCOCC1. The maximum absolute atomic E-state index is 12.2. The first-order valence-electron chi connectivity index (χ1n) is 6.88. The number of anilines is 1. The van der Waals surface area contributed by atoms with Gasteiger partial charge in [-0.25, -0.2) is 0 Å². The molecule has 1 aromatic rings. The van der Waals surface area contributed by atoms with E-state index in [4.69, 9.17) is 4.74 Å². The van der Waals surface area contributed by atoms with Crippen molar-refractivity contribution in [2.75, 3.05) is 43.5 Å². The zero-order valence-electron chi connectivity index (χ0n) is 11.9. The summed E-state index contributed by atoms with van der Waals surface area (Å²) in [5.74, 6) is -0.556. The first kappa shape index (κ1) is 17.0. The number of morpholine rings is 1. The van der Waals surface area contributed by atoms with Crippen molar-refractivity contribution in [2.45, 2.75) is 5.51 Å². The van der Waals surface area contributed by atoms with Crippen LogP contribution in [0.4, 0.5) is 18.9 Å². The van der Waals surface area contributed by atoms with Gasteiger partial charge in [-0.3, -0.25) is 4.79 Å². The summed E-state index contributed by atoms with van der Waals surface area (Å²) in [5, 5.41) is 2.53. The predicted molar refractivity (Wildman–Crippen MR) is 80.3 cm³/mol. The maximum atomic E-state index is 12.2. The van der Waals surface area contributed by atoms with Crippen LogP contribution in [0.3, 0.4) is 0 Å². The van der Waals surface area contributed by atoms with Crippen LogP contribution in [0, 0.1) is 0 Å². The van der Waals surface area contributed by atoms with Crippen LogP contribution in [0.15, 0.2) is 24.3 Å². The van der Waals surface area contributed by atoms with Gasteiger partial charge in [0.15, 0.2) is 0 Å². The van der Waals surface area contributed by atoms with Gasteiger partial charge in [0.25, 0.3) is 5.91 Å². The molecule has 0 bridgehead atoms. The highest BCUT2D eigenvalue weighted by atomic mass is 32.2. The fourth-order valence-corrected chi connectivity index (χ4v) is 2.61. The summed E-state index contributed by atoms with van der Waals surface area (Å²) in [5.41, 5.74) is -3.01. The molecule has 0 aromatic heterocycles. The fourth-order valence-electron chi connectivity index (χ4n) is 2.17. The number of rotatable bonds is 5. The molecule has 0 atom stereocenters. The number of nitrogens with one attached hydrogen (secondary N) is 1. The van der Waals surface area contributed by atoms with Gasteiger partial charge in [-0.15, -0.1) is 0 Å². The summed E-state index contributed by atoms with van der Waals surface area (Å²) in [6, 6.07) is 7.09. The second-order valence-electron chi connectivity index (χ2n) is 4.67. The number of hydrogen-bond acceptors (Lipinski definition) is 4. The average molecular weight is 334 g/mol. The van der Waals surface area contributed by atoms with Crippen LogP contribution < -0.4 is 10.2 Å². The number of para-hydroxylation sites is 1. The third-order valence-corrected chi connectivity index (χ3v) is 3.89. The molecule has 1 aliphatic heterocycles. The number of carbonyl (C=O) groups excluding carboxylic acids is 1. The van der Waals surface area contributed by atoms with Gasteiger partial charge >= 0.3 is 5.51 Å². The summed E-state index contributed by atoms with van der Waals surface area (Å²) < 4.78 is 41.4. The predicted octanol–water partition coefficient (Wildman–Crippen LogP) is 2.51. The Morgan fingerprint density at radius 1 is 1.27 bits per heavy atom. The molecule has 1 amide bonds. The standard InChI is InChI=1S/C14H17F3N2O2S/c15-14(16,17)22-10-5-18-13(20)11-3-1-2-4-12(11)19-6-8-21-9-7-19/h1-4H,5-10H2,(H,18,20). The van der Waals surface area contributed by atoms with Gasteiger partial charge in [0.2, 0.25) is 0 Å². The lowest BCUT2D eigenvalue weighted by Crippen LogP contribution is -2.38. The maximum Gasteiger partial charge on any atom is 0.441 e. The monoisotopic (exact) mass is 334 g/mol. The number of alkyl halides is 3. The number of nitrogens with zero attached hydrogens (tertiary/aromatic N) is 1. The Balaban J connectivity index is 1.94. The van der Waals surface area contributed by atoms with E-state index < -0.39 is 5.51 Å². The minimum Gasteiger partial charge on any atom is -0.378 e. The summed E-state index contributed by atoms with van der Waals surface area (Å²) in [4.78, 5) is 14.2. The van der Waals surface area contributed by atoms with E-state index in [9.17, 15) is 18.0 Å². The molecule has 0 spiro atoms. The molecular formula is C14H17F3N2O2S. The molecule has 4 nitrogen and oxygen atoms in total. The number of hydrogen-bond donors (Lipinski definition) is 1. The third kappa shape index (κ3) is 5.10. The number of thioether (sulfide) groups is 1. The number of ether oxygens (including phenoxy) is 1. The van der Waals surface area contributed by atoms with Crippen LogP contribution in [-0.2, 0) is 4.74 Å². The van der Waals surface area contributed by atoms with Crippen LogP contribution in [-0.4, -0.2) is 50.0 Å². The molecule has 0 unspecified atom stereocenters. The number of halogens is 3. The van der Waals surface area contributed by atoms with Crippen LogP contribution in [0.2, 0.25) is 0 Å². The molecule has 1 aliphatic rings. The largest absolute Gasteiger partial charge is 0.441 e. The molecule has 22 heavy (non-hydrogen) atoms. The minimum absolute atomic E-state index is 0.0273. The lowest BCUT2D eigenvalue weighted by Gasteiger charge is -2.30. The number of benzene rings is 1. The van der Waals surface area contributed by atoms with E-state index in [-0.39, 0.29) is 30.0 Å². The molecule has 2 rings (SSSR count). The smallest absolute Gasteiger partial charge is 0.378 e. The van der Waals surface area contributed by atoms with Gasteiger partial charge < -0.3 is 15.0 Å². The second kappa shape index (κ2) is 7.73. The molecular weight excluding hydrogens is 317 g/mol. The van der Waals surface area contributed by atoms with Crippen LogP contribution >= 0.6 is 11.8 Å². The molecule has 0 saturated carbocycles.